The van der Waals surface area contributed by atoms with Crippen LogP contribution in [0.2, 0.25) is 5.02 Å². The van der Waals surface area contributed by atoms with Crippen molar-refractivity contribution >= 4 is 44.7 Å². The van der Waals surface area contributed by atoms with Gasteiger partial charge in [0.1, 0.15) is 10.3 Å². The number of aromatic nitrogens is 2. The van der Waals surface area contributed by atoms with E-state index in [2.05, 4.69) is 9.97 Å². The third-order valence-electron chi connectivity index (χ3n) is 5.23. The van der Waals surface area contributed by atoms with Crippen LogP contribution in [0.1, 0.15) is 26.5 Å². The predicted octanol–water partition coefficient (Wildman–Crippen LogP) is 2.26. The number of piperazine rings is 1. The minimum Gasteiger partial charge on any atom is -0.366 e. The molecule has 12 heteroatoms. The van der Waals surface area contributed by atoms with Gasteiger partial charge in [0, 0.05) is 55.4 Å². The molecule has 0 saturated carbocycles. The fourth-order valence-corrected chi connectivity index (χ4v) is 7.00. The van der Waals surface area contributed by atoms with Crippen LogP contribution < -0.4 is 10.6 Å². The first-order valence-corrected chi connectivity index (χ1v) is 12.6. The van der Waals surface area contributed by atoms with E-state index in [1.807, 2.05) is 17.0 Å². The average Bonchev–Trinajstić information content (AvgIpc) is 3.20. The largest absolute Gasteiger partial charge is 0.366 e. The van der Waals surface area contributed by atoms with E-state index in [1.165, 1.54) is 22.8 Å². The van der Waals surface area contributed by atoms with Gasteiger partial charge in [-0.05, 0) is 23.8 Å². The van der Waals surface area contributed by atoms with E-state index in [-0.39, 0.29) is 23.0 Å². The maximum atomic E-state index is 13.2. The van der Waals surface area contributed by atoms with Crippen LogP contribution in [0.5, 0.6) is 0 Å². The number of primary amides is 1. The maximum Gasteiger partial charge on any atom is 0.252 e. The summed E-state index contributed by atoms with van der Waals surface area (Å²) in [6.07, 6.45) is 3.34. The molecule has 33 heavy (non-hydrogen) atoms. The fourth-order valence-electron chi connectivity index (χ4n) is 3.56. The summed E-state index contributed by atoms with van der Waals surface area (Å²) in [5.74, 6) is -0.0726. The Kier molecular flexibility index (Phi) is 6.62. The number of rotatable bonds is 6. The Hall–Kier alpha value is -3.04. The zero-order valence-corrected chi connectivity index (χ0v) is 19.7. The standard InChI is InChI=1S/C21H19ClN6O3S2/c22-16-12-19(32-18(16)11-14-2-1-3-15(10-14)20(24)29)33(30,31)28-8-6-27(7-9-28)21-17(13-23)25-4-5-26-21/h1-5,10,12H,6-9,11H2,(H2,24,29). The summed E-state index contributed by atoms with van der Waals surface area (Å²) in [5, 5.41) is 9.60. The van der Waals surface area contributed by atoms with Gasteiger partial charge in [-0.1, -0.05) is 23.7 Å². The maximum absolute atomic E-state index is 13.2. The van der Waals surface area contributed by atoms with Crippen LogP contribution in [-0.4, -0.2) is 54.8 Å². The average molecular weight is 503 g/mol. The van der Waals surface area contributed by atoms with Gasteiger partial charge in [-0.25, -0.2) is 18.4 Å². The van der Waals surface area contributed by atoms with E-state index >= 15 is 0 Å². The Morgan fingerprint density at radius 1 is 1.18 bits per heavy atom. The molecule has 170 valence electrons. The molecule has 0 spiro atoms. The Morgan fingerprint density at radius 3 is 2.61 bits per heavy atom. The second-order valence-electron chi connectivity index (χ2n) is 7.31. The minimum absolute atomic E-state index is 0.166. The number of anilines is 1. The Bertz CT molecular complexity index is 1340. The molecule has 0 unspecified atom stereocenters. The first-order valence-electron chi connectivity index (χ1n) is 9.92. The van der Waals surface area contributed by atoms with Gasteiger partial charge in [0.2, 0.25) is 5.91 Å². The first kappa shape index (κ1) is 23.1. The molecule has 0 aliphatic carbocycles. The van der Waals surface area contributed by atoms with Gasteiger partial charge in [-0.3, -0.25) is 4.79 Å². The minimum atomic E-state index is -3.73. The number of nitrogens with zero attached hydrogens (tertiary/aromatic N) is 5. The number of nitriles is 1. The number of hydrogen-bond donors (Lipinski definition) is 1. The molecule has 1 amide bonds. The summed E-state index contributed by atoms with van der Waals surface area (Å²) in [7, 11) is -3.73. The lowest BCUT2D eigenvalue weighted by molar-refractivity contribution is 0.1000. The van der Waals surface area contributed by atoms with Crippen molar-refractivity contribution in [3.63, 3.8) is 0 Å². The highest BCUT2D eigenvalue weighted by molar-refractivity contribution is 7.91. The number of carbonyl (C=O) groups excluding carboxylic acids is 1. The van der Waals surface area contributed by atoms with Crippen molar-refractivity contribution in [2.45, 2.75) is 10.6 Å². The van der Waals surface area contributed by atoms with Crippen molar-refractivity contribution in [3.05, 3.63) is 69.4 Å². The highest BCUT2D eigenvalue weighted by atomic mass is 35.5. The smallest absolute Gasteiger partial charge is 0.252 e. The third kappa shape index (κ3) is 4.84. The van der Waals surface area contributed by atoms with Crippen molar-refractivity contribution in [1.82, 2.24) is 14.3 Å². The molecule has 1 aliphatic rings. The van der Waals surface area contributed by atoms with E-state index in [0.29, 0.717) is 40.8 Å². The Balaban J connectivity index is 1.49. The van der Waals surface area contributed by atoms with Crippen LogP contribution in [0.15, 0.2) is 46.9 Å². The quantitative estimate of drug-likeness (QED) is 0.546. The summed E-state index contributed by atoms with van der Waals surface area (Å²) in [6, 6.07) is 10.3. The molecule has 1 aromatic carbocycles. The molecule has 3 aromatic rings. The zero-order valence-electron chi connectivity index (χ0n) is 17.3. The third-order valence-corrected chi connectivity index (χ3v) is 9.16. The monoisotopic (exact) mass is 502 g/mol. The van der Waals surface area contributed by atoms with E-state index in [0.717, 1.165) is 16.9 Å². The molecule has 0 bridgehead atoms. The van der Waals surface area contributed by atoms with Gasteiger partial charge in [0.15, 0.2) is 11.5 Å². The summed E-state index contributed by atoms with van der Waals surface area (Å²) in [6.45, 7) is 1.27. The number of halogens is 1. The zero-order chi connectivity index (χ0) is 23.6. The van der Waals surface area contributed by atoms with Crippen molar-refractivity contribution in [2.24, 2.45) is 5.73 Å². The van der Waals surface area contributed by atoms with Gasteiger partial charge in [-0.15, -0.1) is 11.3 Å². The molecule has 1 aliphatic heterocycles. The summed E-state index contributed by atoms with van der Waals surface area (Å²) in [4.78, 5) is 22.2. The van der Waals surface area contributed by atoms with E-state index in [4.69, 9.17) is 17.3 Å². The molecular weight excluding hydrogens is 484 g/mol. The van der Waals surface area contributed by atoms with Crippen molar-refractivity contribution < 1.29 is 13.2 Å². The van der Waals surface area contributed by atoms with Crippen LogP contribution in [0.4, 0.5) is 5.82 Å². The number of carbonyl (C=O) groups is 1. The van der Waals surface area contributed by atoms with Crippen LogP contribution in [0, 0.1) is 11.3 Å². The van der Waals surface area contributed by atoms with Crippen molar-refractivity contribution in [2.75, 3.05) is 31.1 Å². The van der Waals surface area contributed by atoms with E-state index in [9.17, 15) is 18.5 Å². The normalized spacial score (nSPS) is 14.7. The van der Waals surface area contributed by atoms with E-state index < -0.39 is 15.9 Å². The number of hydrogen-bond acceptors (Lipinski definition) is 8. The second kappa shape index (κ2) is 9.44. The van der Waals surface area contributed by atoms with Crippen LogP contribution in [0.25, 0.3) is 0 Å². The number of nitrogens with two attached hydrogens (primary N) is 1. The van der Waals surface area contributed by atoms with Crippen LogP contribution >= 0.6 is 22.9 Å². The molecule has 3 heterocycles. The topological polar surface area (TPSA) is 133 Å². The lowest BCUT2D eigenvalue weighted by Gasteiger charge is -2.34. The molecule has 0 atom stereocenters. The Labute approximate surface area is 200 Å². The number of benzene rings is 1. The highest BCUT2D eigenvalue weighted by Crippen LogP contribution is 2.34. The first-order chi connectivity index (χ1) is 15.8. The van der Waals surface area contributed by atoms with Gasteiger partial charge in [0.05, 0.1) is 5.02 Å². The molecule has 2 aromatic heterocycles. The lowest BCUT2D eigenvalue weighted by atomic mass is 10.1. The van der Waals surface area contributed by atoms with Gasteiger partial charge < -0.3 is 10.6 Å². The Morgan fingerprint density at radius 2 is 1.91 bits per heavy atom. The molecule has 1 fully saturated rings. The predicted molar refractivity (Wildman–Crippen MR) is 125 cm³/mol. The SMILES string of the molecule is N#Cc1nccnc1N1CCN(S(=O)(=O)c2cc(Cl)c(Cc3cccc(C(N)=O)c3)s2)CC1. The summed E-state index contributed by atoms with van der Waals surface area (Å²) < 4.78 is 28.0. The van der Waals surface area contributed by atoms with E-state index in [1.54, 1.807) is 18.2 Å². The van der Waals surface area contributed by atoms with Gasteiger partial charge in [-0.2, -0.15) is 9.57 Å². The summed E-state index contributed by atoms with van der Waals surface area (Å²) in [5.41, 5.74) is 6.74. The summed E-state index contributed by atoms with van der Waals surface area (Å²) >= 11 is 7.48. The van der Waals surface area contributed by atoms with Crippen LogP contribution in [0.3, 0.4) is 0 Å². The van der Waals surface area contributed by atoms with Gasteiger partial charge in [0.25, 0.3) is 10.0 Å². The van der Waals surface area contributed by atoms with Crippen molar-refractivity contribution in [3.8, 4) is 6.07 Å². The number of amides is 1. The lowest BCUT2D eigenvalue weighted by Crippen LogP contribution is -2.49. The molecular formula is C21H19ClN6O3S2. The highest BCUT2D eigenvalue weighted by Gasteiger charge is 2.31. The molecule has 9 nitrogen and oxygen atoms in total. The molecule has 2 N–H and O–H groups in total. The second-order valence-corrected chi connectivity index (χ2v) is 11.0. The van der Waals surface area contributed by atoms with Gasteiger partial charge >= 0.3 is 0 Å². The molecule has 1 saturated heterocycles. The molecule has 0 radical (unpaired) electrons. The van der Waals surface area contributed by atoms with Crippen LogP contribution in [-0.2, 0) is 16.4 Å². The number of thiophene rings is 1. The fraction of sp³-hybridized carbons (Fsp3) is 0.238. The molecule has 4 rings (SSSR count). The number of sulfonamides is 1. The van der Waals surface area contributed by atoms with Crippen molar-refractivity contribution in [1.29, 1.82) is 5.26 Å².